The second-order valence-electron chi connectivity index (χ2n) is 5.35. The van der Waals surface area contributed by atoms with Crippen LogP contribution in [0, 0.1) is 0 Å². The van der Waals surface area contributed by atoms with Gasteiger partial charge in [-0.2, -0.15) is 0 Å². The number of hydrogen-bond donors (Lipinski definition) is 0. The number of rotatable bonds is 14. The van der Waals surface area contributed by atoms with Gasteiger partial charge in [0.05, 0.1) is 0 Å². The standard InChI is InChI=1S/C20H30O2/c1-3-5-6-7-8-9-10-14-17-20(22)18-15-12-11-13-16-19(21)4-2/h4,13-18H,2-3,5-12H2,1H3. The van der Waals surface area contributed by atoms with Crippen LogP contribution in [0.5, 0.6) is 0 Å². The van der Waals surface area contributed by atoms with Crippen molar-refractivity contribution in [3.8, 4) is 0 Å². The van der Waals surface area contributed by atoms with Gasteiger partial charge in [-0.25, -0.2) is 0 Å². The van der Waals surface area contributed by atoms with Gasteiger partial charge in [0.25, 0.3) is 0 Å². The van der Waals surface area contributed by atoms with E-state index in [-0.39, 0.29) is 11.6 Å². The molecule has 0 aliphatic rings. The van der Waals surface area contributed by atoms with Crippen LogP contribution in [0.2, 0.25) is 0 Å². The van der Waals surface area contributed by atoms with Crippen LogP contribution in [0.25, 0.3) is 0 Å². The maximum atomic E-state index is 11.5. The van der Waals surface area contributed by atoms with Crippen molar-refractivity contribution in [3.05, 3.63) is 49.1 Å². The molecule has 0 fully saturated rings. The minimum absolute atomic E-state index is 0.0390. The largest absolute Gasteiger partial charge is 0.290 e. The molecule has 2 heteroatoms. The zero-order chi connectivity index (χ0) is 16.5. The summed E-state index contributed by atoms with van der Waals surface area (Å²) in [6, 6.07) is 0. The van der Waals surface area contributed by atoms with Gasteiger partial charge < -0.3 is 0 Å². The van der Waals surface area contributed by atoms with Gasteiger partial charge in [0.15, 0.2) is 11.6 Å². The summed E-state index contributed by atoms with van der Waals surface area (Å²) < 4.78 is 0. The van der Waals surface area contributed by atoms with Crippen molar-refractivity contribution in [3.63, 3.8) is 0 Å². The summed E-state index contributed by atoms with van der Waals surface area (Å²) in [5.41, 5.74) is 0. The van der Waals surface area contributed by atoms with E-state index in [1.54, 1.807) is 18.2 Å². The van der Waals surface area contributed by atoms with Crippen LogP contribution in [-0.2, 0) is 9.59 Å². The smallest absolute Gasteiger partial charge is 0.177 e. The van der Waals surface area contributed by atoms with Crippen LogP contribution in [0.1, 0.15) is 64.7 Å². The van der Waals surface area contributed by atoms with E-state index in [2.05, 4.69) is 13.5 Å². The average Bonchev–Trinajstić information content (AvgIpc) is 2.52. The summed E-state index contributed by atoms with van der Waals surface area (Å²) in [7, 11) is 0. The fraction of sp³-hybridized carbons (Fsp3) is 0.500. The monoisotopic (exact) mass is 302 g/mol. The highest BCUT2D eigenvalue weighted by Gasteiger charge is 1.90. The van der Waals surface area contributed by atoms with Gasteiger partial charge in [-0.1, -0.05) is 63.8 Å². The number of hydrogen-bond acceptors (Lipinski definition) is 2. The molecule has 2 nitrogen and oxygen atoms in total. The van der Waals surface area contributed by atoms with Crippen molar-refractivity contribution in [2.45, 2.75) is 64.7 Å². The van der Waals surface area contributed by atoms with E-state index >= 15 is 0 Å². The van der Waals surface area contributed by atoms with Crippen molar-refractivity contribution < 1.29 is 9.59 Å². The minimum atomic E-state index is -0.0855. The molecular weight excluding hydrogens is 272 g/mol. The Morgan fingerprint density at radius 1 is 0.727 bits per heavy atom. The lowest BCUT2D eigenvalue weighted by molar-refractivity contribution is -0.111. The van der Waals surface area contributed by atoms with Crippen LogP contribution >= 0.6 is 0 Å². The molecule has 0 aromatic carbocycles. The lowest BCUT2D eigenvalue weighted by atomic mass is 10.1. The second kappa shape index (κ2) is 15.7. The Labute approximate surface area is 135 Å². The molecule has 0 aromatic heterocycles. The summed E-state index contributed by atoms with van der Waals surface area (Å²) in [5, 5.41) is 0. The number of carbonyl (C=O) groups excluding carboxylic acids is 2. The van der Waals surface area contributed by atoms with Crippen molar-refractivity contribution in [1.29, 1.82) is 0 Å². The molecule has 0 radical (unpaired) electrons. The Bertz CT molecular complexity index is 400. The van der Waals surface area contributed by atoms with Crippen LogP contribution in [-0.4, -0.2) is 11.6 Å². The highest BCUT2D eigenvalue weighted by molar-refractivity contribution is 5.99. The van der Waals surface area contributed by atoms with Crippen LogP contribution < -0.4 is 0 Å². The van der Waals surface area contributed by atoms with Crippen LogP contribution in [0.15, 0.2) is 49.1 Å². The summed E-state index contributed by atoms with van der Waals surface area (Å²) in [5.74, 6) is -0.0465. The first-order valence-corrected chi connectivity index (χ1v) is 8.40. The van der Waals surface area contributed by atoms with Gasteiger partial charge in [-0.05, 0) is 50.0 Å². The SMILES string of the molecule is C=CC(=O)C=CCCC=CC(=O)C=CCCCCCCCC. The molecular formula is C20H30O2. The summed E-state index contributed by atoms with van der Waals surface area (Å²) in [6.07, 6.45) is 21.8. The van der Waals surface area contributed by atoms with Gasteiger partial charge >= 0.3 is 0 Å². The Hall–Kier alpha value is -1.70. The molecule has 0 rings (SSSR count). The quantitative estimate of drug-likeness (QED) is 0.313. The van der Waals surface area contributed by atoms with E-state index in [4.69, 9.17) is 0 Å². The van der Waals surface area contributed by atoms with E-state index < -0.39 is 0 Å². The molecule has 0 atom stereocenters. The predicted octanol–water partition coefficient (Wildman–Crippen LogP) is 5.51. The predicted molar refractivity (Wildman–Crippen MR) is 94.9 cm³/mol. The van der Waals surface area contributed by atoms with Gasteiger partial charge in [0, 0.05) is 0 Å². The first-order valence-electron chi connectivity index (χ1n) is 8.40. The molecule has 0 aliphatic carbocycles. The number of unbranched alkanes of at least 4 members (excludes halogenated alkanes) is 7. The zero-order valence-electron chi connectivity index (χ0n) is 13.9. The Morgan fingerprint density at radius 3 is 1.82 bits per heavy atom. The normalized spacial score (nSPS) is 11.7. The third kappa shape index (κ3) is 14.7. The van der Waals surface area contributed by atoms with Gasteiger partial charge in [-0.3, -0.25) is 9.59 Å². The molecule has 0 unspecified atom stereocenters. The molecule has 0 aliphatic heterocycles. The van der Waals surface area contributed by atoms with Crippen LogP contribution in [0.4, 0.5) is 0 Å². The lowest BCUT2D eigenvalue weighted by Crippen LogP contribution is -1.85. The van der Waals surface area contributed by atoms with Crippen molar-refractivity contribution in [2.24, 2.45) is 0 Å². The maximum absolute atomic E-state index is 11.5. The number of allylic oxidation sites excluding steroid dienone is 7. The molecule has 0 saturated heterocycles. The highest BCUT2D eigenvalue weighted by atomic mass is 16.1. The fourth-order valence-electron chi connectivity index (χ4n) is 1.96. The van der Waals surface area contributed by atoms with Crippen molar-refractivity contribution >= 4 is 11.6 Å². The van der Waals surface area contributed by atoms with Gasteiger partial charge in [-0.15, -0.1) is 0 Å². The maximum Gasteiger partial charge on any atom is 0.177 e. The van der Waals surface area contributed by atoms with Crippen LogP contribution in [0.3, 0.4) is 0 Å². The van der Waals surface area contributed by atoms with Gasteiger partial charge in [0.2, 0.25) is 0 Å². The number of carbonyl (C=O) groups is 2. The summed E-state index contributed by atoms with van der Waals surface area (Å²) in [6.45, 7) is 5.61. The minimum Gasteiger partial charge on any atom is -0.290 e. The van der Waals surface area contributed by atoms with E-state index in [1.807, 2.05) is 12.2 Å². The molecule has 0 spiro atoms. The third-order valence-electron chi connectivity index (χ3n) is 3.27. The Kier molecular flexibility index (Phi) is 14.5. The first kappa shape index (κ1) is 20.3. The summed E-state index contributed by atoms with van der Waals surface area (Å²) in [4.78, 5) is 22.5. The third-order valence-corrected chi connectivity index (χ3v) is 3.27. The zero-order valence-corrected chi connectivity index (χ0v) is 13.9. The molecule has 0 heterocycles. The van der Waals surface area contributed by atoms with E-state index in [1.165, 1.54) is 50.7 Å². The Balaban J connectivity index is 3.60. The summed E-state index contributed by atoms with van der Waals surface area (Å²) >= 11 is 0. The second-order valence-corrected chi connectivity index (χ2v) is 5.35. The average molecular weight is 302 g/mol. The van der Waals surface area contributed by atoms with Gasteiger partial charge in [0.1, 0.15) is 0 Å². The molecule has 122 valence electrons. The van der Waals surface area contributed by atoms with E-state index in [0.29, 0.717) is 0 Å². The molecule has 22 heavy (non-hydrogen) atoms. The molecule has 0 aromatic rings. The number of ketones is 2. The molecule has 0 N–H and O–H groups in total. The first-order chi connectivity index (χ1) is 10.7. The molecule has 0 amide bonds. The van der Waals surface area contributed by atoms with E-state index in [0.717, 1.165) is 19.3 Å². The molecule has 0 saturated carbocycles. The van der Waals surface area contributed by atoms with Crippen molar-refractivity contribution in [1.82, 2.24) is 0 Å². The molecule has 0 bridgehead atoms. The van der Waals surface area contributed by atoms with Crippen molar-refractivity contribution in [2.75, 3.05) is 0 Å². The van der Waals surface area contributed by atoms with E-state index in [9.17, 15) is 9.59 Å². The lowest BCUT2D eigenvalue weighted by Gasteiger charge is -1.97. The topological polar surface area (TPSA) is 34.1 Å². The Morgan fingerprint density at radius 2 is 1.23 bits per heavy atom. The fourth-order valence-corrected chi connectivity index (χ4v) is 1.96. The highest BCUT2D eigenvalue weighted by Crippen LogP contribution is 2.07.